The van der Waals surface area contributed by atoms with Crippen molar-refractivity contribution in [3.8, 4) is 0 Å². The maximum atomic E-state index is 12.6. The molecular weight excluding hydrogens is 439 g/mol. The lowest BCUT2D eigenvalue weighted by molar-refractivity contribution is 0.0910. The third-order valence-corrected chi connectivity index (χ3v) is 7.08. The number of benzene rings is 3. The maximum Gasteiger partial charge on any atom is 0.253 e. The van der Waals surface area contributed by atoms with Crippen LogP contribution in [0.4, 0.5) is 0 Å². The van der Waals surface area contributed by atoms with E-state index in [2.05, 4.69) is 70.9 Å². The minimum Gasteiger partial charge on any atom is -0.349 e. The number of amides is 1. The van der Waals surface area contributed by atoms with Gasteiger partial charge in [0.2, 0.25) is 0 Å². The van der Waals surface area contributed by atoms with Crippen LogP contribution in [0.15, 0.2) is 78.9 Å². The summed E-state index contributed by atoms with van der Waals surface area (Å²) in [5.41, 5.74) is 3.16. The lowest BCUT2D eigenvalue weighted by atomic mass is 9.88. The highest BCUT2D eigenvalue weighted by atomic mass is 35.5. The Labute approximate surface area is 200 Å². The van der Waals surface area contributed by atoms with Crippen molar-refractivity contribution in [2.45, 2.75) is 31.2 Å². The zero-order valence-corrected chi connectivity index (χ0v) is 19.5. The van der Waals surface area contributed by atoms with Crippen molar-refractivity contribution in [1.29, 1.82) is 0 Å². The average Bonchev–Trinajstić information content (AvgIpc) is 2.83. The smallest absolute Gasteiger partial charge is 0.253 e. The second-order valence-corrected chi connectivity index (χ2v) is 9.14. The van der Waals surface area contributed by atoms with Crippen LogP contribution in [0.25, 0.3) is 0 Å². The average molecular weight is 467 g/mol. The Morgan fingerprint density at radius 1 is 0.875 bits per heavy atom. The fourth-order valence-corrected chi connectivity index (χ4v) is 4.84. The molecule has 0 saturated carbocycles. The monoisotopic (exact) mass is 466 g/mol. The topological polar surface area (TPSA) is 32.3 Å². The zero-order valence-electron chi connectivity index (χ0n) is 18.0. The Bertz CT molecular complexity index is 979. The molecule has 1 amide bonds. The number of hydrogen-bond donors (Lipinski definition) is 1. The van der Waals surface area contributed by atoms with Gasteiger partial charge in [0.25, 0.3) is 5.91 Å². The van der Waals surface area contributed by atoms with Crippen LogP contribution in [0.5, 0.6) is 0 Å². The fourth-order valence-electron chi connectivity index (χ4n) is 4.45. The largest absolute Gasteiger partial charge is 0.349 e. The van der Waals surface area contributed by atoms with Crippen molar-refractivity contribution in [3.63, 3.8) is 0 Å². The molecule has 32 heavy (non-hydrogen) atoms. The molecule has 1 N–H and O–H groups in total. The van der Waals surface area contributed by atoms with Gasteiger partial charge in [0.1, 0.15) is 0 Å². The van der Waals surface area contributed by atoms with Crippen LogP contribution in [0.1, 0.15) is 46.7 Å². The van der Waals surface area contributed by atoms with E-state index in [9.17, 15) is 4.79 Å². The number of likely N-dealkylation sites (tertiary alicyclic amines) is 1. The summed E-state index contributed by atoms with van der Waals surface area (Å²) in [5.74, 6) is 0.240. The lowest BCUT2D eigenvalue weighted by Crippen LogP contribution is -2.45. The lowest BCUT2D eigenvalue weighted by Gasteiger charge is -2.33. The summed E-state index contributed by atoms with van der Waals surface area (Å²) >= 11 is 12.2. The molecule has 1 fully saturated rings. The number of carbonyl (C=O) groups is 1. The van der Waals surface area contributed by atoms with Crippen molar-refractivity contribution in [1.82, 2.24) is 10.2 Å². The van der Waals surface area contributed by atoms with Gasteiger partial charge in [0, 0.05) is 25.0 Å². The van der Waals surface area contributed by atoms with Gasteiger partial charge in [-0.05, 0) is 49.1 Å². The van der Waals surface area contributed by atoms with Crippen molar-refractivity contribution < 1.29 is 4.79 Å². The molecule has 1 aliphatic heterocycles. The minimum atomic E-state index is -0.149. The molecule has 3 aromatic carbocycles. The van der Waals surface area contributed by atoms with Crippen LogP contribution in [-0.4, -0.2) is 36.5 Å². The van der Waals surface area contributed by atoms with Gasteiger partial charge >= 0.3 is 0 Å². The van der Waals surface area contributed by atoms with Crippen LogP contribution in [0, 0.1) is 0 Å². The van der Waals surface area contributed by atoms with Crippen molar-refractivity contribution in [2.24, 2.45) is 0 Å². The van der Waals surface area contributed by atoms with Crippen LogP contribution in [0.3, 0.4) is 0 Å². The van der Waals surface area contributed by atoms with Crippen molar-refractivity contribution in [3.05, 3.63) is 106 Å². The predicted octanol–water partition coefficient (Wildman–Crippen LogP) is 6.41. The SMILES string of the molecule is O=C(NC1CCN(CCC(c2ccccc2)c2ccccc2)CC1)c1cccc(Cl)c1Cl. The summed E-state index contributed by atoms with van der Waals surface area (Å²) in [6, 6.07) is 26.8. The van der Waals surface area contributed by atoms with E-state index in [1.54, 1.807) is 18.2 Å². The molecule has 0 radical (unpaired) electrons. The summed E-state index contributed by atoms with van der Waals surface area (Å²) in [6.45, 7) is 2.99. The molecule has 0 unspecified atom stereocenters. The molecule has 0 aromatic heterocycles. The first-order valence-corrected chi connectivity index (χ1v) is 11.9. The highest BCUT2D eigenvalue weighted by Gasteiger charge is 2.23. The summed E-state index contributed by atoms with van der Waals surface area (Å²) in [5, 5.41) is 3.85. The van der Waals surface area contributed by atoms with Gasteiger partial charge in [-0.15, -0.1) is 0 Å². The third-order valence-electron chi connectivity index (χ3n) is 6.26. The van der Waals surface area contributed by atoms with Gasteiger partial charge in [0.05, 0.1) is 15.6 Å². The summed E-state index contributed by atoms with van der Waals surface area (Å²) < 4.78 is 0. The van der Waals surface area contributed by atoms with Crippen LogP contribution < -0.4 is 5.32 Å². The van der Waals surface area contributed by atoms with Crippen molar-refractivity contribution in [2.75, 3.05) is 19.6 Å². The summed E-state index contributed by atoms with van der Waals surface area (Å²) in [4.78, 5) is 15.1. The molecule has 0 atom stereocenters. The zero-order chi connectivity index (χ0) is 22.3. The Morgan fingerprint density at radius 3 is 2.06 bits per heavy atom. The van der Waals surface area contributed by atoms with Gasteiger partial charge in [-0.2, -0.15) is 0 Å². The minimum absolute atomic E-state index is 0.149. The highest BCUT2D eigenvalue weighted by Crippen LogP contribution is 2.29. The standard InChI is InChI=1S/C27H28Cl2N2O/c28-25-13-7-12-24(26(25)29)27(32)30-22-14-17-31(18-15-22)19-16-23(20-8-3-1-4-9-20)21-10-5-2-6-11-21/h1-13,22-23H,14-19H2,(H,30,32). The van der Waals surface area contributed by atoms with E-state index in [1.807, 2.05) is 0 Å². The first-order valence-electron chi connectivity index (χ1n) is 11.2. The van der Waals surface area contributed by atoms with E-state index < -0.39 is 0 Å². The number of halogens is 2. The fraction of sp³-hybridized carbons (Fsp3) is 0.296. The molecule has 4 rings (SSSR count). The van der Waals surface area contributed by atoms with Crippen molar-refractivity contribution >= 4 is 29.1 Å². The summed E-state index contributed by atoms with van der Waals surface area (Å²) in [6.07, 6.45) is 2.94. The predicted molar refractivity (Wildman–Crippen MR) is 133 cm³/mol. The van der Waals surface area contributed by atoms with E-state index in [1.165, 1.54) is 11.1 Å². The molecule has 3 aromatic rings. The first-order chi connectivity index (χ1) is 15.6. The van der Waals surface area contributed by atoms with E-state index in [-0.39, 0.29) is 11.9 Å². The second kappa shape index (κ2) is 11.0. The molecule has 1 heterocycles. The Kier molecular flexibility index (Phi) is 7.85. The number of nitrogens with zero attached hydrogens (tertiary/aromatic N) is 1. The van der Waals surface area contributed by atoms with Gasteiger partial charge in [-0.3, -0.25) is 4.79 Å². The Hall–Kier alpha value is -2.33. The van der Waals surface area contributed by atoms with Gasteiger partial charge in [-0.1, -0.05) is 89.9 Å². The molecule has 166 valence electrons. The molecular formula is C27H28Cl2N2O. The molecule has 0 aliphatic carbocycles. The normalized spacial score (nSPS) is 15.1. The van der Waals surface area contributed by atoms with E-state index in [0.29, 0.717) is 21.5 Å². The highest BCUT2D eigenvalue weighted by molar-refractivity contribution is 6.43. The number of hydrogen-bond acceptors (Lipinski definition) is 2. The molecule has 0 spiro atoms. The number of nitrogens with one attached hydrogen (secondary N) is 1. The molecule has 1 saturated heterocycles. The number of piperidine rings is 1. The van der Waals surface area contributed by atoms with Crippen LogP contribution >= 0.6 is 23.2 Å². The Balaban J connectivity index is 1.31. The summed E-state index contributed by atoms with van der Waals surface area (Å²) in [7, 11) is 0. The van der Waals surface area contributed by atoms with Gasteiger partial charge in [-0.25, -0.2) is 0 Å². The van der Waals surface area contributed by atoms with Gasteiger partial charge < -0.3 is 10.2 Å². The maximum absolute atomic E-state index is 12.6. The third kappa shape index (κ3) is 5.72. The molecule has 1 aliphatic rings. The van der Waals surface area contributed by atoms with Crippen LogP contribution in [-0.2, 0) is 0 Å². The number of carbonyl (C=O) groups excluding carboxylic acids is 1. The Morgan fingerprint density at radius 2 is 1.47 bits per heavy atom. The second-order valence-electron chi connectivity index (χ2n) is 8.35. The van der Waals surface area contributed by atoms with Crippen LogP contribution in [0.2, 0.25) is 10.0 Å². The number of rotatable bonds is 7. The molecule has 3 nitrogen and oxygen atoms in total. The first kappa shape index (κ1) is 22.8. The van der Waals surface area contributed by atoms with E-state index in [0.717, 1.165) is 38.9 Å². The van der Waals surface area contributed by atoms with E-state index >= 15 is 0 Å². The molecule has 0 bridgehead atoms. The van der Waals surface area contributed by atoms with Gasteiger partial charge in [0.15, 0.2) is 0 Å². The van der Waals surface area contributed by atoms with E-state index in [4.69, 9.17) is 23.2 Å². The quantitative estimate of drug-likeness (QED) is 0.436. The molecule has 5 heteroatoms.